The molecule has 0 amide bonds. The lowest BCUT2D eigenvalue weighted by molar-refractivity contribution is -0.385. The van der Waals surface area contributed by atoms with Crippen LogP contribution in [-0.2, 0) is 0 Å². The normalized spacial score (nSPS) is 10.8. The van der Waals surface area contributed by atoms with Crippen LogP contribution in [0.3, 0.4) is 0 Å². The van der Waals surface area contributed by atoms with Crippen molar-refractivity contribution in [3.8, 4) is 0 Å². The van der Waals surface area contributed by atoms with E-state index in [2.05, 4.69) is 21.1 Å². The van der Waals surface area contributed by atoms with E-state index in [0.29, 0.717) is 11.4 Å². The molecule has 0 saturated carbocycles. The summed E-state index contributed by atoms with van der Waals surface area (Å²) in [6, 6.07) is 11.6. The molecule has 0 unspecified atom stereocenters. The van der Waals surface area contributed by atoms with Crippen LogP contribution in [0.1, 0.15) is 0 Å². The van der Waals surface area contributed by atoms with Crippen LogP contribution < -0.4 is 10.9 Å². The molecule has 0 bridgehead atoms. The van der Waals surface area contributed by atoms with Gasteiger partial charge >= 0.3 is 0 Å². The van der Waals surface area contributed by atoms with Crippen LogP contribution in [0.25, 0.3) is 0 Å². The van der Waals surface area contributed by atoms with Crippen LogP contribution in [0, 0.1) is 20.2 Å². The van der Waals surface area contributed by atoms with Crippen LogP contribution in [-0.4, -0.2) is 22.3 Å². The van der Waals surface area contributed by atoms with Gasteiger partial charge in [-0.1, -0.05) is 0 Å². The summed E-state index contributed by atoms with van der Waals surface area (Å²) in [7, 11) is 0. The zero-order valence-corrected chi connectivity index (χ0v) is 12.2. The largest absolute Gasteiger partial charge is 0.278 e. The first kappa shape index (κ1) is 16.5. The minimum atomic E-state index is -0.483. The smallest absolute Gasteiger partial charge is 0.269 e. The fraction of sp³-hybridized carbons (Fsp3) is 0. The summed E-state index contributed by atoms with van der Waals surface area (Å²) >= 11 is 0. The molecule has 0 radical (unpaired) electrons. The molecule has 0 aromatic heterocycles. The van der Waals surface area contributed by atoms with Crippen LogP contribution >= 0.6 is 0 Å². The van der Waals surface area contributed by atoms with Gasteiger partial charge < -0.3 is 0 Å². The van der Waals surface area contributed by atoms with Gasteiger partial charge in [-0.25, -0.2) is 0 Å². The number of nitro benzene ring substituents is 2. The monoisotopic (exact) mass is 328 g/mol. The van der Waals surface area contributed by atoms with Gasteiger partial charge in [-0.05, 0) is 24.3 Å². The molecular formula is C14H12N6O4. The lowest BCUT2D eigenvalue weighted by Gasteiger charge is -1.99. The Bertz CT molecular complexity index is 703. The second kappa shape index (κ2) is 7.98. The van der Waals surface area contributed by atoms with Gasteiger partial charge in [0.15, 0.2) is 0 Å². The van der Waals surface area contributed by atoms with E-state index in [1.54, 1.807) is 0 Å². The zero-order chi connectivity index (χ0) is 17.4. The predicted molar refractivity (Wildman–Crippen MR) is 90.4 cm³/mol. The predicted octanol–water partition coefficient (Wildman–Crippen LogP) is 3.00. The number of nitrogens with zero attached hydrogens (tertiary/aromatic N) is 4. The number of hydrazone groups is 2. The highest BCUT2D eigenvalue weighted by atomic mass is 16.6. The van der Waals surface area contributed by atoms with Crippen LogP contribution in [0.15, 0.2) is 58.7 Å². The van der Waals surface area contributed by atoms with Gasteiger partial charge in [-0.3, -0.25) is 31.1 Å². The van der Waals surface area contributed by atoms with E-state index >= 15 is 0 Å². The summed E-state index contributed by atoms with van der Waals surface area (Å²) in [6.45, 7) is 0. The summed E-state index contributed by atoms with van der Waals surface area (Å²) in [5.41, 5.74) is 6.54. The summed E-state index contributed by atoms with van der Waals surface area (Å²) in [5, 5.41) is 28.7. The molecule has 2 aromatic rings. The van der Waals surface area contributed by atoms with Gasteiger partial charge in [-0.15, -0.1) is 0 Å². The van der Waals surface area contributed by atoms with E-state index in [1.807, 2.05) is 0 Å². The number of hydrogen-bond donors (Lipinski definition) is 2. The van der Waals surface area contributed by atoms with Crippen molar-refractivity contribution in [1.82, 2.24) is 0 Å². The molecule has 10 nitrogen and oxygen atoms in total. The Kier molecular flexibility index (Phi) is 5.50. The molecule has 0 aliphatic rings. The van der Waals surface area contributed by atoms with E-state index in [9.17, 15) is 20.2 Å². The van der Waals surface area contributed by atoms with Gasteiger partial charge in [-0.2, -0.15) is 10.2 Å². The van der Waals surface area contributed by atoms with E-state index in [-0.39, 0.29) is 11.4 Å². The third kappa shape index (κ3) is 4.87. The fourth-order valence-corrected chi connectivity index (χ4v) is 1.61. The number of nitrogens with one attached hydrogen (secondary N) is 2. The van der Waals surface area contributed by atoms with Crippen LogP contribution in [0.5, 0.6) is 0 Å². The van der Waals surface area contributed by atoms with Crippen LogP contribution in [0.4, 0.5) is 22.7 Å². The van der Waals surface area contributed by atoms with Crippen molar-refractivity contribution in [1.29, 1.82) is 0 Å². The Morgan fingerprint density at radius 3 is 1.33 bits per heavy atom. The molecule has 0 atom stereocenters. The second-order valence-corrected chi connectivity index (χ2v) is 4.39. The first-order valence-electron chi connectivity index (χ1n) is 6.62. The van der Waals surface area contributed by atoms with Crippen molar-refractivity contribution < 1.29 is 9.85 Å². The van der Waals surface area contributed by atoms with E-state index < -0.39 is 9.85 Å². The van der Waals surface area contributed by atoms with Crippen molar-refractivity contribution >= 4 is 35.2 Å². The van der Waals surface area contributed by atoms with E-state index in [0.717, 1.165) is 0 Å². The Morgan fingerprint density at radius 2 is 1.04 bits per heavy atom. The zero-order valence-electron chi connectivity index (χ0n) is 12.2. The first-order chi connectivity index (χ1) is 11.6. The van der Waals surface area contributed by atoms with Crippen molar-refractivity contribution in [2.45, 2.75) is 0 Å². The molecule has 0 heterocycles. The summed E-state index contributed by atoms with van der Waals surface area (Å²) in [5.74, 6) is 0. The van der Waals surface area contributed by atoms with Crippen molar-refractivity contribution in [3.63, 3.8) is 0 Å². The van der Waals surface area contributed by atoms with Gasteiger partial charge in [0.05, 0.1) is 33.7 Å². The van der Waals surface area contributed by atoms with Crippen molar-refractivity contribution in [2.75, 3.05) is 10.9 Å². The lowest BCUT2D eigenvalue weighted by atomic mass is 10.3. The molecule has 10 heteroatoms. The van der Waals surface area contributed by atoms with Crippen molar-refractivity contribution in [2.24, 2.45) is 10.2 Å². The summed E-state index contributed by atoms with van der Waals surface area (Å²) in [4.78, 5) is 20.1. The topological polar surface area (TPSA) is 135 Å². The number of non-ortho nitro benzene ring substituents is 2. The highest BCUT2D eigenvalue weighted by Gasteiger charge is 2.03. The average molecular weight is 328 g/mol. The number of hydrogen-bond acceptors (Lipinski definition) is 8. The molecule has 0 spiro atoms. The van der Waals surface area contributed by atoms with E-state index in [4.69, 9.17) is 0 Å². The van der Waals surface area contributed by atoms with Gasteiger partial charge in [0.25, 0.3) is 11.4 Å². The maximum absolute atomic E-state index is 10.5. The van der Waals surface area contributed by atoms with Gasteiger partial charge in [0, 0.05) is 24.3 Å². The Hall–Kier alpha value is -3.82. The minimum Gasteiger partial charge on any atom is -0.278 e. The second-order valence-electron chi connectivity index (χ2n) is 4.39. The number of nitro groups is 2. The number of benzene rings is 2. The molecule has 0 fully saturated rings. The molecule has 0 saturated heterocycles. The maximum atomic E-state index is 10.5. The fourth-order valence-electron chi connectivity index (χ4n) is 1.61. The highest BCUT2D eigenvalue weighted by Crippen LogP contribution is 2.15. The molecule has 0 aliphatic carbocycles. The molecule has 122 valence electrons. The molecule has 2 N–H and O–H groups in total. The quantitative estimate of drug-likeness (QED) is 0.455. The Balaban J connectivity index is 1.79. The highest BCUT2D eigenvalue weighted by molar-refractivity contribution is 6.16. The SMILES string of the molecule is O=[N+]([O-])c1ccc(N/N=C/C=N/Nc2ccc([N+](=O)[O-])cc2)cc1. The number of rotatable bonds is 7. The van der Waals surface area contributed by atoms with E-state index in [1.165, 1.54) is 61.0 Å². The summed E-state index contributed by atoms with van der Waals surface area (Å²) in [6.07, 6.45) is 2.75. The molecular weight excluding hydrogens is 316 g/mol. The number of anilines is 2. The molecule has 24 heavy (non-hydrogen) atoms. The van der Waals surface area contributed by atoms with Gasteiger partial charge in [0.1, 0.15) is 0 Å². The summed E-state index contributed by atoms with van der Waals surface area (Å²) < 4.78 is 0. The minimum absolute atomic E-state index is 0.00149. The van der Waals surface area contributed by atoms with Crippen molar-refractivity contribution in [3.05, 3.63) is 68.8 Å². The maximum Gasteiger partial charge on any atom is 0.269 e. The molecule has 0 aliphatic heterocycles. The third-order valence-corrected chi connectivity index (χ3v) is 2.76. The lowest BCUT2D eigenvalue weighted by Crippen LogP contribution is -1.94. The Labute approximate surface area is 135 Å². The average Bonchev–Trinajstić information content (AvgIpc) is 2.58. The first-order valence-corrected chi connectivity index (χ1v) is 6.62. The third-order valence-electron chi connectivity index (χ3n) is 2.76. The van der Waals surface area contributed by atoms with Crippen LogP contribution in [0.2, 0.25) is 0 Å². The standard InChI is InChI=1S/C14H12N6O4/c21-19(22)13-5-1-11(2-6-13)17-15-9-10-16-18-12-3-7-14(8-4-12)20(23)24/h1-10,17-18H/b15-9+,16-10+. The molecule has 2 rings (SSSR count). The van der Waals surface area contributed by atoms with Gasteiger partial charge in [0.2, 0.25) is 0 Å². The Morgan fingerprint density at radius 1 is 0.708 bits per heavy atom. The molecule has 2 aromatic carbocycles.